The Balaban J connectivity index is 1.57. The monoisotopic (exact) mass is 401 g/mol. The average molecular weight is 401 g/mol. The van der Waals surface area contributed by atoms with E-state index in [1.807, 2.05) is 13.0 Å². The molecule has 0 bridgehead atoms. The van der Waals surface area contributed by atoms with Crippen LogP contribution in [0.1, 0.15) is 47.9 Å². The van der Waals surface area contributed by atoms with E-state index in [4.69, 9.17) is 0 Å². The summed E-state index contributed by atoms with van der Waals surface area (Å²) >= 11 is 0. The zero-order valence-corrected chi connectivity index (χ0v) is 16.1. The highest BCUT2D eigenvalue weighted by molar-refractivity contribution is 5.79. The molecule has 0 amide bonds. The first-order chi connectivity index (χ1) is 13.9. The summed E-state index contributed by atoms with van der Waals surface area (Å²) in [5, 5.41) is 2.96. The second-order valence-electron chi connectivity index (χ2n) is 7.48. The molecule has 0 aliphatic heterocycles. The summed E-state index contributed by atoms with van der Waals surface area (Å²) in [6.07, 6.45) is 4.95. The van der Waals surface area contributed by atoms with E-state index in [2.05, 4.69) is 26.8 Å². The fraction of sp³-hybridized carbons (Fsp3) is 0.381. The second kappa shape index (κ2) is 7.50. The van der Waals surface area contributed by atoms with Crippen LogP contribution in [0.25, 0.3) is 11.2 Å². The molecule has 1 fully saturated rings. The van der Waals surface area contributed by atoms with E-state index >= 15 is 0 Å². The van der Waals surface area contributed by atoms with Crippen LogP contribution in [0.15, 0.2) is 37.3 Å². The number of halogens is 3. The number of hydrogen-bond donors (Lipinski definition) is 1. The van der Waals surface area contributed by atoms with E-state index in [9.17, 15) is 13.2 Å². The number of pyridine rings is 1. The number of aryl methyl sites for hydroxylation is 1. The van der Waals surface area contributed by atoms with Crippen LogP contribution in [0, 0.1) is 6.92 Å². The Hall–Kier alpha value is -2.90. The van der Waals surface area contributed by atoms with Crippen molar-refractivity contribution in [1.82, 2.24) is 19.4 Å². The molecule has 0 saturated heterocycles. The Bertz CT molecular complexity index is 1060. The van der Waals surface area contributed by atoms with Crippen LogP contribution in [0.4, 0.5) is 19.1 Å². The number of fused-ring (bicyclic) bond motifs is 1. The van der Waals surface area contributed by atoms with Crippen molar-refractivity contribution in [2.24, 2.45) is 0 Å². The van der Waals surface area contributed by atoms with Crippen molar-refractivity contribution in [1.29, 1.82) is 0 Å². The smallest absolute Gasteiger partial charge is 0.222 e. The predicted molar refractivity (Wildman–Crippen MR) is 106 cm³/mol. The molecule has 1 unspecified atom stereocenters. The van der Waals surface area contributed by atoms with E-state index in [0.717, 1.165) is 12.0 Å². The molecule has 152 valence electrons. The zero-order valence-electron chi connectivity index (χ0n) is 16.1. The van der Waals surface area contributed by atoms with Gasteiger partial charge in [-0.05, 0) is 49.5 Å². The van der Waals surface area contributed by atoms with Crippen molar-refractivity contribution >= 4 is 17.2 Å². The van der Waals surface area contributed by atoms with Crippen molar-refractivity contribution in [2.75, 3.05) is 18.5 Å². The lowest BCUT2D eigenvalue weighted by Gasteiger charge is -2.33. The molecular weight excluding hydrogens is 379 g/mol. The van der Waals surface area contributed by atoms with Crippen molar-refractivity contribution in [3.05, 3.63) is 59.8 Å². The Morgan fingerprint density at radius 3 is 2.76 bits per heavy atom. The minimum atomic E-state index is -1.74. The standard InChI is InChI=1S/C21H22F3N5/c1-13(15-4-5-19-25-10-18(17(23)8-22)29(19)11-15)16-9-26-20(28-14(16)2)27-12-21(24)6-3-7-21/h4-5,9-11,17H,1,3,6-8,12H2,2H3,(H,26,27,28). The second-order valence-corrected chi connectivity index (χ2v) is 7.48. The molecule has 1 saturated carbocycles. The van der Waals surface area contributed by atoms with Gasteiger partial charge in [-0.3, -0.25) is 0 Å². The highest BCUT2D eigenvalue weighted by Crippen LogP contribution is 2.35. The number of hydrogen-bond acceptors (Lipinski definition) is 4. The first-order valence-electron chi connectivity index (χ1n) is 9.53. The van der Waals surface area contributed by atoms with Gasteiger partial charge in [-0.15, -0.1) is 0 Å². The Kier molecular flexibility index (Phi) is 5.02. The summed E-state index contributed by atoms with van der Waals surface area (Å²) in [6, 6.07) is 3.53. The first-order valence-corrected chi connectivity index (χ1v) is 9.53. The van der Waals surface area contributed by atoms with Gasteiger partial charge in [-0.2, -0.15) is 0 Å². The van der Waals surface area contributed by atoms with Crippen LogP contribution in [0.2, 0.25) is 0 Å². The molecule has 1 N–H and O–H groups in total. The minimum Gasteiger partial charge on any atom is -0.351 e. The number of aromatic nitrogens is 4. The Morgan fingerprint density at radius 1 is 1.31 bits per heavy atom. The lowest BCUT2D eigenvalue weighted by molar-refractivity contribution is 0.0782. The highest BCUT2D eigenvalue weighted by Gasteiger charge is 2.36. The van der Waals surface area contributed by atoms with Crippen LogP contribution in [-0.2, 0) is 0 Å². The predicted octanol–water partition coefficient (Wildman–Crippen LogP) is 4.78. The van der Waals surface area contributed by atoms with Gasteiger partial charge in [-0.25, -0.2) is 28.1 Å². The van der Waals surface area contributed by atoms with Crippen molar-refractivity contribution in [3.63, 3.8) is 0 Å². The number of nitrogens with zero attached hydrogens (tertiary/aromatic N) is 4. The maximum atomic E-state index is 14.1. The summed E-state index contributed by atoms with van der Waals surface area (Å²) in [6.45, 7) is 5.03. The lowest BCUT2D eigenvalue weighted by atomic mass is 9.82. The SMILES string of the molecule is C=C(c1ccc2ncc(C(F)CF)n2c1)c1cnc(NCC2(F)CCC2)nc1C. The molecule has 8 heteroatoms. The first kappa shape index (κ1) is 19.4. The summed E-state index contributed by atoms with van der Waals surface area (Å²) in [5.41, 5.74) is 2.28. The van der Waals surface area contributed by atoms with Gasteiger partial charge in [0.2, 0.25) is 5.95 Å². The van der Waals surface area contributed by atoms with Gasteiger partial charge in [0.15, 0.2) is 6.17 Å². The normalized spacial score (nSPS) is 16.4. The molecule has 0 spiro atoms. The van der Waals surface area contributed by atoms with Gasteiger partial charge < -0.3 is 9.72 Å². The van der Waals surface area contributed by atoms with Crippen LogP contribution in [-0.4, -0.2) is 38.2 Å². The molecule has 3 aromatic heterocycles. The molecule has 3 heterocycles. The number of alkyl halides is 3. The molecular formula is C21H22F3N5. The van der Waals surface area contributed by atoms with Gasteiger partial charge in [0.1, 0.15) is 18.0 Å². The maximum absolute atomic E-state index is 14.1. The lowest BCUT2D eigenvalue weighted by Crippen LogP contribution is -2.39. The number of anilines is 1. The van der Waals surface area contributed by atoms with Gasteiger partial charge in [0, 0.05) is 18.0 Å². The molecule has 0 radical (unpaired) electrons. The zero-order chi connectivity index (χ0) is 20.6. The summed E-state index contributed by atoms with van der Waals surface area (Å²) in [4.78, 5) is 12.8. The molecule has 0 aromatic carbocycles. The fourth-order valence-corrected chi connectivity index (χ4v) is 3.47. The molecule has 1 aliphatic rings. The molecule has 1 atom stereocenters. The third-order valence-corrected chi connectivity index (χ3v) is 5.46. The van der Waals surface area contributed by atoms with E-state index in [0.29, 0.717) is 41.3 Å². The fourth-order valence-electron chi connectivity index (χ4n) is 3.47. The third kappa shape index (κ3) is 3.71. The number of rotatable bonds is 7. The van der Waals surface area contributed by atoms with E-state index in [1.165, 1.54) is 10.6 Å². The maximum Gasteiger partial charge on any atom is 0.222 e. The molecule has 1 aliphatic carbocycles. The summed E-state index contributed by atoms with van der Waals surface area (Å²) in [5.74, 6) is 0.374. The number of nitrogens with one attached hydrogen (secondary N) is 1. The molecule has 29 heavy (non-hydrogen) atoms. The average Bonchev–Trinajstić information content (AvgIpc) is 3.13. The largest absolute Gasteiger partial charge is 0.351 e. The van der Waals surface area contributed by atoms with Gasteiger partial charge in [0.25, 0.3) is 0 Å². The Labute approximate surface area is 166 Å². The van der Waals surface area contributed by atoms with Gasteiger partial charge >= 0.3 is 0 Å². The minimum absolute atomic E-state index is 0.154. The molecule has 3 aromatic rings. The van der Waals surface area contributed by atoms with E-state index in [-0.39, 0.29) is 12.2 Å². The van der Waals surface area contributed by atoms with Crippen molar-refractivity contribution in [2.45, 2.75) is 38.0 Å². The van der Waals surface area contributed by atoms with Crippen LogP contribution >= 0.6 is 0 Å². The van der Waals surface area contributed by atoms with Gasteiger partial charge in [-0.1, -0.05) is 6.58 Å². The Morgan fingerprint density at radius 2 is 2.10 bits per heavy atom. The van der Waals surface area contributed by atoms with Crippen LogP contribution in [0.5, 0.6) is 0 Å². The van der Waals surface area contributed by atoms with Crippen LogP contribution < -0.4 is 5.32 Å². The number of imidazole rings is 1. The highest BCUT2D eigenvalue weighted by atomic mass is 19.2. The van der Waals surface area contributed by atoms with Crippen molar-refractivity contribution < 1.29 is 13.2 Å². The topological polar surface area (TPSA) is 55.1 Å². The molecule has 5 nitrogen and oxygen atoms in total. The van der Waals surface area contributed by atoms with E-state index in [1.54, 1.807) is 18.5 Å². The third-order valence-electron chi connectivity index (χ3n) is 5.46. The van der Waals surface area contributed by atoms with Gasteiger partial charge in [0.05, 0.1) is 24.1 Å². The van der Waals surface area contributed by atoms with Crippen molar-refractivity contribution in [3.8, 4) is 0 Å². The summed E-state index contributed by atoms with van der Waals surface area (Å²) in [7, 11) is 0. The van der Waals surface area contributed by atoms with Crippen LogP contribution in [0.3, 0.4) is 0 Å². The molecule has 4 rings (SSSR count). The summed E-state index contributed by atoms with van der Waals surface area (Å²) < 4.78 is 42.3. The quantitative estimate of drug-likeness (QED) is 0.619. The van der Waals surface area contributed by atoms with E-state index < -0.39 is 18.5 Å².